The third kappa shape index (κ3) is 3.36. The summed E-state index contributed by atoms with van der Waals surface area (Å²) in [5.41, 5.74) is 4.73. The zero-order chi connectivity index (χ0) is 18.4. The fraction of sp³-hybridized carbons (Fsp3) is 0.286. The number of fused-ring (bicyclic) bond motifs is 1. The van der Waals surface area contributed by atoms with E-state index in [1.807, 2.05) is 31.2 Å². The van der Waals surface area contributed by atoms with Crippen molar-refractivity contribution in [3.8, 4) is 0 Å². The van der Waals surface area contributed by atoms with Crippen LogP contribution >= 0.6 is 15.9 Å². The van der Waals surface area contributed by atoms with Gasteiger partial charge in [-0.1, -0.05) is 60.5 Å². The average molecular weight is 400 g/mol. The number of aryl methyl sites for hydroxylation is 1. The van der Waals surface area contributed by atoms with E-state index in [1.54, 1.807) is 0 Å². The Hall–Kier alpha value is -2.07. The number of rotatable bonds is 2. The second kappa shape index (κ2) is 6.34. The van der Waals surface area contributed by atoms with Crippen LogP contribution in [0.15, 0.2) is 46.9 Å². The van der Waals surface area contributed by atoms with Crippen LogP contribution < -0.4 is 0 Å². The van der Waals surface area contributed by atoms with Gasteiger partial charge in [-0.3, -0.25) is 0 Å². The number of carbonyl (C=O) groups is 1. The Bertz CT molecular complexity index is 947. The maximum atomic E-state index is 12.0. The zero-order valence-corrected chi connectivity index (χ0v) is 16.5. The van der Waals surface area contributed by atoms with E-state index in [1.165, 1.54) is 10.1 Å². The number of hydrogen-bond donors (Lipinski definition) is 1. The molecule has 0 radical (unpaired) electrons. The molecule has 0 fully saturated rings. The first-order valence-corrected chi connectivity index (χ1v) is 9.10. The first-order valence-electron chi connectivity index (χ1n) is 8.30. The Kier molecular flexibility index (Phi) is 4.50. The lowest BCUT2D eigenvalue weighted by atomic mass is 9.86. The molecule has 3 rings (SSSR count). The van der Waals surface area contributed by atoms with Gasteiger partial charge in [-0.2, -0.15) is 0 Å². The lowest BCUT2D eigenvalue weighted by Gasteiger charge is -2.22. The van der Waals surface area contributed by atoms with E-state index in [2.05, 4.69) is 54.9 Å². The molecule has 1 N–H and O–H groups in total. The SMILES string of the molecule is Cc1ccc2c(c1)c(Cc1ccc(Br)cc1)c(C(C)(C)C)n2C(=O)O. The normalized spacial score (nSPS) is 11.9. The molecule has 0 spiro atoms. The van der Waals surface area contributed by atoms with Gasteiger partial charge < -0.3 is 5.11 Å². The van der Waals surface area contributed by atoms with Crippen LogP contribution in [-0.2, 0) is 11.8 Å². The predicted octanol–water partition coefficient (Wildman–Crippen LogP) is 6.13. The highest BCUT2D eigenvalue weighted by atomic mass is 79.9. The molecule has 0 aliphatic heterocycles. The smallest absolute Gasteiger partial charge is 0.416 e. The van der Waals surface area contributed by atoms with Gasteiger partial charge >= 0.3 is 6.09 Å². The van der Waals surface area contributed by atoms with Crippen LogP contribution in [0.4, 0.5) is 4.79 Å². The molecule has 0 amide bonds. The van der Waals surface area contributed by atoms with Crippen LogP contribution in [0.3, 0.4) is 0 Å². The number of carboxylic acid groups (broad SMARTS) is 1. The third-order valence-corrected chi connectivity index (χ3v) is 4.95. The van der Waals surface area contributed by atoms with Gasteiger partial charge in [0.25, 0.3) is 0 Å². The van der Waals surface area contributed by atoms with Crippen molar-refractivity contribution in [2.75, 3.05) is 0 Å². The molecule has 1 aromatic heterocycles. The molecule has 0 aliphatic carbocycles. The van der Waals surface area contributed by atoms with Crippen molar-refractivity contribution in [3.63, 3.8) is 0 Å². The van der Waals surface area contributed by atoms with Crippen molar-refractivity contribution in [2.24, 2.45) is 0 Å². The van der Waals surface area contributed by atoms with E-state index in [9.17, 15) is 9.90 Å². The third-order valence-electron chi connectivity index (χ3n) is 4.42. The Morgan fingerprint density at radius 3 is 2.32 bits per heavy atom. The van der Waals surface area contributed by atoms with Crippen molar-refractivity contribution >= 4 is 32.9 Å². The van der Waals surface area contributed by atoms with E-state index in [0.29, 0.717) is 6.42 Å². The quantitative estimate of drug-likeness (QED) is 0.563. The summed E-state index contributed by atoms with van der Waals surface area (Å²) in [5.74, 6) is 0. The summed E-state index contributed by atoms with van der Waals surface area (Å²) < 4.78 is 2.50. The van der Waals surface area contributed by atoms with E-state index >= 15 is 0 Å². The van der Waals surface area contributed by atoms with Crippen molar-refractivity contribution in [2.45, 2.75) is 39.5 Å². The van der Waals surface area contributed by atoms with Crippen molar-refractivity contribution in [1.29, 1.82) is 0 Å². The minimum Gasteiger partial charge on any atom is -0.464 e. The van der Waals surface area contributed by atoms with Gasteiger partial charge in [0.2, 0.25) is 0 Å². The number of benzene rings is 2. The van der Waals surface area contributed by atoms with Crippen molar-refractivity contribution in [3.05, 3.63) is 69.3 Å². The number of aromatic nitrogens is 1. The number of hydrogen-bond acceptors (Lipinski definition) is 1. The van der Waals surface area contributed by atoms with E-state index in [0.717, 1.165) is 32.2 Å². The maximum absolute atomic E-state index is 12.0. The topological polar surface area (TPSA) is 42.2 Å². The van der Waals surface area contributed by atoms with E-state index < -0.39 is 6.09 Å². The molecule has 25 heavy (non-hydrogen) atoms. The zero-order valence-electron chi connectivity index (χ0n) is 14.9. The Balaban J connectivity index is 2.32. The summed E-state index contributed by atoms with van der Waals surface area (Å²) in [6.07, 6.45) is -0.221. The summed E-state index contributed by atoms with van der Waals surface area (Å²) >= 11 is 3.47. The van der Waals surface area contributed by atoms with Gasteiger partial charge in [0.05, 0.1) is 5.52 Å². The lowest BCUT2D eigenvalue weighted by molar-refractivity contribution is 0.195. The summed E-state index contributed by atoms with van der Waals surface area (Å²) in [4.78, 5) is 12.0. The van der Waals surface area contributed by atoms with Gasteiger partial charge in [-0.15, -0.1) is 0 Å². The number of halogens is 1. The second-order valence-electron chi connectivity index (χ2n) is 7.52. The Morgan fingerprint density at radius 1 is 1.12 bits per heavy atom. The molecular weight excluding hydrogens is 378 g/mol. The van der Waals surface area contributed by atoms with Crippen LogP contribution in [0, 0.1) is 6.92 Å². The van der Waals surface area contributed by atoms with Crippen LogP contribution in [0.2, 0.25) is 0 Å². The molecular formula is C21H22BrNO2. The molecule has 0 bridgehead atoms. The molecule has 130 valence electrons. The number of nitrogens with zero attached hydrogens (tertiary/aromatic N) is 1. The fourth-order valence-electron chi connectivity index (χ4n) is 3.44. The van der Waals surface area contributed by atoms with Gasteiger partial charge in [-0.05, 0) is 48.7 Å². The summed E-state index contributed by atoms with van der Waals surface area (Å²) in [7, 11) is 0. The highest BCUT2D eigenvalue weighted by Crippen LogP contribution is 2.36. The van der Waals surface area contributed by atoms with Gasteiger partial charge in [0.1, 0.15) is 0 Å². The molecule has 4 heteroatoms. The minimum absolute atomic E-state index is 0.282. The standard InChI is InChI=1S/C21H22BrNO2/c1-13-5-10-18-16(11-13)17(12-14-6-8-15(22)9-7-14)19(21(2,3)4)23(18)20(24)25/h5-11H,12H2,1-4H3,(H,24,25). The first kappa shape index (κ1) is 17.7. The summed E-state index contributed by atoms with van der Waals surface area (Å²) in [5, 5.41) is 10.9. The second-order valence-corrected chi connectivity index (χ2v) is 8.43. The molecule has 0 saturated carbocycles. The molecule has 3 nitrogen and oxygen atoms in total. The van der Waals surface area contributed by atoms with E-state index in [4.69, 9.17) is 0 Å². The van der Waals surface area contributed by atoms with Crippen LogP contribution in [0.1, 0.15) is 43.2 Å². The molecule has 1 heterocycles. The lowest BCUT2D eigenvalue weighted by Crippen LogP contribution is -2.23. The summed E-state index contributed by atoms with van der Waals surface area (Å²) in [6.45, 7) is 8.24. The average Bonchev–Trinajstić information content (AvgIpc) is 2.83. The highest BCUT2D eigenvalue weighted by Gasteiger charge is 2.29. The first-order chi connectivity index (χ1) is 11.7. The molecule has 0 aliphatic rings. The van der Waals surface area contributed by atoms with Gasteiger partial charge in [0, 0.05) is 21.0 Å². The van der Waals surface area contributed by atoms with Crippen LogP contribution in [0.5, 0.6) is 0 Å². The molecule has 3 aromatic rings. The van der Waals surface area contributed by atoms with Gasteiger partial charge in [-0.25, -0.2) is 9.36 Å². The largest absolute Gasteiger partial charge is 0.464 e. The van der Waals surface area contributed by atoms with Crippen molar-refractivity contribution < 1.29 is 9.90 Å². The minimum atomic E-state index is -0.930. The Morgan fingerprint density at radius 2 is 1.76 bits per heavy atom. The fourth-order valence-corrected chi connectivity index (χ4v) is 3.71. The predicted molar refractivity (Wildman–Crippen MR) is 106 cm³/mol. The molecule has 0 unspecified atom stereocenters. The summed E-state index contributed by atoms with van der Waals surface area (Å²) in [6, 6.07) is 14.2. The molecule has 2 aromatic carbocycles. The van der Waals surface area contributed by atoms with Gasteiger partial charge in [0.15, 0.2) is 0 Å². The Labute approximate surface area is 156 Å². The molecule has 0 saturated heterocycles. The van der Waals surface area contributed by atoms with E-state index in [-0.39, 0.29) is 5.41 Å². The van der Waals surface area contributed by atoms with Crippen LogP contribution in [0.25, 0.3) is 10.9 Å². The highest BCUT2D eigenvalue weighted by molar-refractivity contribution is 9.10. The maximum Gasteiger partial charge on any atom is 0.416 e. The monoisotopic (exact) mass is 399 g/mol. The van der Waals surface area contributed by atoms with Crippen LogP contribution in [-0.4, -0.2) is 15.8 Å². The van der Waals surface area contributed by atoms with Crippen molar-refractivity contribution in [1.82, 2.24) is 4.57 Å². The molecule has 0 atom stereocenters.